The standard InChI is InChI=1S/C10H17N5O4/c1-4-18-9(16)11-6-7-8(13-14-15(7)3)12-10(17)19-5-2/h4-6H2,1-3H3,(H,11,16)(H,12,17). The zero-order valence-electron chi connectivity index (χ0n) is 11.1. The van der Waals surface area contributed by atoms with E-state index in [1.165, 1.54) is 4.68 Å². The second-order valence-corrected chi connectivity index (χ2v) is 3.43. The summed E-state index contributed by atoms with van der Waals surface area (Å²) >= 11 is 0. The van der Waals surface area contributed by atoms with Gasteiger partial charge in [0.25, 0.3) is 0 Å². The van der Waals surface area contributed by atoms with Crippen molar-refractivity contribution in [3.8, 4) is 0 Å². The third-order valence-corrected chi connectivity index (χ3v) is 2.11. The predicted octanol–water partition coefficient (Wildman–Crippen LogP) is 0.630. The highest BCUT2D eigenvalue weighted by Gasteiger charge is 2.15. The Hall–Kier alpha value is -2.32. The van der Waals surface area contributed by atoms with E-state index in [0.717, 1.165) is 0 Å². The fourth-order valence-electron chi connectivity index (χ4n) is 1.27. The Morgan fingerprint density at radius 3 is 2.47 bits per heavy atom. The molecule has 1 heterocycles. The molecule has 0 saturated heterocycles. The number of anilines is 1. The molecule has 0 spiro atoms. The van der Waals surface area contributed by atoms with Gasteiger partial charge in [0.2, 0.25) is 0 Å². The minimum Gasteiger partial charge on any atom is -0.450 e. The minimum absolute atomic E-state index is 0.129. The normalized spacial score (nSPS) is 9.84. The third kappa shape index (κ3) is 4.45. The highest BCUT2D eigenvalue weighted by atomic mass is 16.6. The monoisotopic (exact) mass is 271 g/mol. The summed E-state index contributed by atoms with van der Waals surface area (Å²) in [4.78, 5) is 22.5. The van der Waals surface area contributed by atoms with E-state index in [9.17, 15) is 9.59 Å². The maximum absolute atomic E-state index is 11.3. The molecule has 2 amide bonds. The highest BCUT2D eigenvalue weighted by molar-refractivity contribution is 5.83. The summed E-state index contributed by atoms with van der Waals surface area (Å²) in [6, 6.07) is 0. The molecular formula is C10H17N5O4. The molecular weight excluding hydrogens is 254 g/mol. The van der Waals surface area contributed by atoms with Gasteiger partial charge in [0, 0.05) is 7.05 Å². The quantitative estimate of drug-likeness (QED) is 0.813. The Kier molecular flexibility index (Phi) is 5.58. The molecule has 0 aliphatic carbocycles. The molecule has 0 radical (unpaired) electrons. The number of hydrogen-bond acceptors (Lipinski definition) is 6. The summed E-state index contributed by atoms with van der Waals surface area (Å²) in [6.45, 7) is 4.06. The molecule has 0 bridgehead atoms. The lowest BCUT2D eigenvalue weighted by atomic mass is 10.4. The maximum atomic E-state index is 11.3. The van der Waals surface area contributed by atoms with Gasteiger partial charge >= 0.3 is 12.2 Å². The van der Waals surface area contributed by atoms with E-state index in [0.29, 0.717) is 5.69 Å². The van der Waals surface area contributed by atoms with E-state index in [1.807, 2.05) is 0 Å². The molecule has 0 atom stereocenters. The number of carbonyl (C=O) groups is 2. The van der Waals surface area contributed by atoms with Gasteiger partial charge in [-0.25, -0.2) is 14.3 Å². The summed E-state index contributed by atoms with van der Waals surface area (Å²) in [5.41, 5.74) is 0.529. The average Bonchev–Trinajstić information content (AvgIpc) is 2.68. The molecule has 0 unspecified atom stereocenters. The van der Waals surface area contributed by atoms with Gasteiger partial charge in [-0.1, -0.05) is 5.21 Å². The van der Waals surface area contributed by atoms with Gasteiger partial charge in [0.05, 0.1) is 19.8 Å². The van der Waals surface area contributed by atoms with Crippen molar-refractivity contribution in [3.63, 3.8) is 0 Å². The van der Waals surface area contributed by atoms with Crippen LogP contribution in [-0.2, 0) is 23.1 Å². The molecule has 9 heteroatoms. The molecule has 2 N–H and O–H groups in total. The summed E-state index contributed by atoms with van der Waals surface area (Å²) in [5.74, 6) is 0.234. The Morgan fingerprint density at radius 1 is 1.21 bits per heavy atom. The number of aryl methyl sites for hydroxylation is 1. The third-order valence-electron chi connectivity index (χ3n) is 2.11. The molecule has 19 heavy (non-hydrogen) atoms. The first-order valence-electron chi connectivity index (χ1n) is 5.81. The summed E-state index contributed by atoms with van der Waals surface area (Å²) in [6.07, 6.45) is -1.17. The minimum atomic E-state index is -0.625. The Balaban J connectivity index is 2.64. The maximum Gasteiger partial charge on any atom is 0.412 e. The molecule has 106 valence electrons. The average molecular weight is 271 g/mol. The molecule has 0 fully saturated rings. The smallest absolute Gasteiger partial charge is 0.412 e. The first-order chi connectivity index (χ1) is 9.08. The lowest BCUT2D eigenvalue weighted by Gasteiger charge is -2.07. The zero-order valence-corrected chi connectivity index (χ0v) is 11.1. The number of hydrogen-bond donors (Lipinski definition) is 2. The van der Waals surface area contributed by atoms with E-state index in [4.69, 9.17) is 9.47 Å². The Bertz CT molecular complexity index is 445. The van der Waals surface area contributed by atoms with E-state index in [1.54, 1.807) is 20.9 Å². The molecule has 1 rings (SSSR count). The number of nitrogens with zero attached hydrogens (tertiary/aromatic N) is 3. The van der Waals surface area contributed by atoms with Crippen LogP contribution in [0.3, 0.4) is 0 Å². The molecule has 0 aliphatic rings. The molecule has 1 aromatic rings. The first kappa shape index (κ1) is 14.7. The lowest BCUT2D eigenvalue weighted by Crippen LogP contribution is -2.25. The van der Waals surface area contributed by atoms with Crippen LogP contribution >= 0.6 is 0 Å². The SMILES string of the molecule is CCOC(=O)NCc1c(NC(=O)OCC)nnn1C. The van der Waals surface area contributed by atoms with Crippen LogP contribution in [0.15, 0.2) is 0 Å². The number of alkyl carbamates (subject to hydrolysis) is 1. The van der Waals surface area contributed by atoms with Crippen molar-refractivity contribution in [1.82, 2.24) is 20.3 Å². The van der Waals surface area contributed by atoms with Crippen LogP contribution in [-0.4, -0.2) is 40.4 Å². The van der Waals surface area contributed by atoms with E-state index in [-0.39, 0.29) is 25.6 Å². The number of aromatic nitrogens is 3. The number of nitrogens with one attached hydrogen (secondary N) is 2. The van der Waals surface area contributed by atoms with E-state index < -0.39 is 12.2 Å². The van der Waals surface area contributed by atoms with Crippen LogP contribution in [0.1, 0.15) is 19.5 Å². The van der Waals surface area contributed by atoms with Crippen LogP contribution in [0.2, 0.25) is 0 Å². The molecule has 0 saturated carbocycles. The summed E-state index contributed by atoms with van der Waals surface area (Å²) in [5, 5.41) is 12.5. The van der Waals surface area contributed by atoms with E-state index >= 15 is 0 Å². The van der Waals surface area contributed by atoms with Crippen molar-refractivity contribution in [2.24, 2.45) is 7.05 Å². The molecule has 1 aromatic heterocycles. The summed E-state index contributed by atoms with van der Waals surface area (Å²) < 4.78 is 10.9. The molecule has 0 aromatic carbocycles. The van der Waals surface area contributed by atoms with Crippen LogP contribution in [0.5, 0.6) is 0 Å². The second-order valence-electron chi connectivity index (χ2n) is 3.43. The zero-order chi connectivity index (χ0) is 14.3. The fraction of sp³-hybridized carbons (Fsp3) is 0.600. The highest BCUT2D eigenvalue weighted by Crippen LogP contribution is 2.10. The van der Waals surface area contributed by atoms with Crippen LogP contribution in [0.25, 0.3) is 0 Å². The van der Waals surface area contributed by atoms with Gasteiger partial charge in [-0.2, -0.15) is 0 Å². The van der Waals surface area contributed by atoms with Crippen molar-refractivity contribution in [2.45, 2.75) is 20.4 Å². The molecule has 9 nitrogen and oxygen atoms in total. The predicted molar refractivity (Wildman–Crippen MR) is 65.5 cm³/mol. The number of carbonyl (C=O) groups excluding carboxylic acids is 2. The number of ether oxygens (including phenoxy) is 2. The van der Waals surface area contributed by atoms with Gasteiger partial charge in [-0.05, 0) is 13.8 Å². The van der Waals surface area contributed by atoms with Gasteiger partial charge in [0.15, 0.2) is 5.82 Å². The van der Waals surface area contributed by atoms with Gasteiger partial charge in [0.1, 0.15) is 5.69 Å². The van der Waals surface area contributed by atoms with Crippen molar-refractivity contribution < 1.29 is 19.1 Å². The molecule has 0 aliphatic heterocycles. The summed E-state index contributed by atoms with van der Waals surface area (Å²) in [7, 11) is 1.64. The number of rotatable bonds is 5. The lowest BCUT2D eigenvalue weighted by molar-refractivity contribution is 0.151. The van der Waals surface area contributed by atoms with Gasteiger partial charge < -0.3 is 14.8 Å². The van der Waals surface area contributed by atoms with Crippen LogP contribution < -0.4 is 10.6 Å². The largest absolute Gasteiger partial charge is 0.450 e. The van der Waals surface area contributed by atoms with Crippen LogP contribution in [0, 0.1) is 0 Å². The topological polar surface area (TPSA) is 107 Å². The Morgan fingerprint density at radius 2 is 1.84 bits per heavy atom. The van der Waals surface area contributed by atoms with E-state index in [2.05, 4.69) is 20.9 Å². The number of amides is 2. The Labute approximate surface area is 110 Å². The van der Waals surface area contributed by atoms with Crippen LogP contribution in [0.4, 0.5) is 15.4 Å². The van der Waals surface area contributed by atoms with Crippen molar-refractivity contribution >= 4 is 18.0 Å². The fourth-order valence-corrected chi connectivity index (χ4v) is 1.27. The second kappa shape index (κ2) is 7.19. The van der Waals surface area contributed by atoms with Crippen molar-refractivity contribution in [1.29, 1.82) is 0 Å². The first-order valence-corrected chi connectivity index (χ1v) is 5.81. The van der Waals surface area contributed by atoms with Crippen molar-refractivity contribution in [2.75, 3.05) is 18.5 Å². The van der Waals surface area contributed by atoms with Crippen molar-refractivity contribution in [3.05, 3.63) is 5.69 Å². The van der Waals surface area contributed by atoms with Gasteiger partial charge in [-0.15, -0.1) is 5.10 Å². The van der Waals surface area contributed by atoms with Gasteiger partial charge in [-0.3, -0.25) is 5.32 Å².